The van der Waals surface area contributed by atoms with Crippen LogP contribution in [0.4, 0.5) is 0 Å². The molecule has 0 bridgehead atoms. The van der Waals surface area contributed by atoms with Crippen molar-refractivity contribution < 1.29 is 89.4 Å². The van der Waals surface area contributed by atoms with Gasteiger partial charge in [0.15, 0.2) is 18.9 Å². The fourth-order valence-corrected chi connectivity index (χ4v) is 15.1. The molecule has 5 aliphatic carbocycles. The fourth-order valence-electron chi connectivity index (χ4n) is 15.1. The molecule has 66 heavy (non-hydrogen) atoms. The van der Waals surface area contributed by atoms with Gasteiger partial charge in [0.05, 0.1) is 37.4 Å². The Bertz CT molecular complexity index is 1780. The molecule has 0 aromatic heterocycles. The molecule has 8 rings (SSSR count). The lowest BCUT2D eigenvalue weighted by molar-refractivity contribution is -0.399. The summed E-state index contributed by atoms with van der Waals surface area (Å²) in [6.45, 7) is 13.7. The molecule has 3 heterocycles. The summed E-state index contributed by atoms with van der Waals surface area (Å²) in [6.07, 6.45) is -16.2. The van der Waals surface area contributed by atoms with E-state index in [1.165, 1.54) is 5.57 Å². The van der Waals surface area contributed by atoms with E-state index in [0.717, 1.165) is 44.8 Å². The molecule has 0 radical (unpaired) electrons. The van der Waals surface area contributed by atoms with E-state index < -0.39 is 135 Å². The molecule has 0 amide bonds. The quantitative estimate of drug-likeness (QED) is 0.0768. The first-order chi connectivity index (χ1) is 30.9. The van der Waals surface area contributed by atoms with Crippen molar-refractivity contribution in [1.29, 1.82) is 0 Å². The average Bonchev–Trinajstić information content (AvgIpc) is 3.26. The minimum absolute atomic E-state index is 0.0280. The lowest BCUT2D eigenvalue weighted by atomic mass is 9.33. The maximum atomic E-state index is 13.0. The Morgan fingerprint density at radius 2 is 1.15 bits per heavy atom. The Morgan fingerprint density at radius 1 is 0.606 bits per heavy atom. The second-order valence-electron chi connectivity index (χ2n) is 23.5. The molecule has 18 heteroatoms. The highest BCUT2D eigenvalue weighted by Gasteiger charge is 2.70. The molecule has 11 N–H and O–H groups in total. The van der Waals surface area contributed by atoms with Gasteiger partial charge in [0.2, 0.25) is 0 Å². The van der Waals surface area contributed by atoms with E-state index in [1.54, 1.807) is 0 Å². The van der Waals surface area contributed by atoms with E-state index in [2.05, 4.69) is 54.5 Å². The van der Waals surface area contributed by atoms with Gasteiger partial charge in [-0.25, -0.2) is 0 Å². The summed E-state index contributed by atoms with van der Waals surface area (Å²) >= 11 is 0. The maximum Gasteiger partial charge on any atom is 0.187 e. The van der Waals surface area contributed by atoms with Crippen LogP contribution in [0.25, 0.3) is 0 Å². The number of ether oxygens (including phenoxy) is 6. The third-order valence-electron chi connectivity index (χ3n) is 19.3. The topological polar surface area (TPSA) is 295 Å². The Morgan fingerprint density at radius 3 is 1.71 bits per heavy atom. The third kappa shape index (κ3) is 7.83. The Balaban J connectivity index is 1.10. The summed E-state index contributed by atoms with van der Waals surface area (Å²) < 4.78 is 37.0. The van der Waals surface area contributed by atoms with Gasteiger partial charge >= 0.3 is 0 Å². The summed E-state index contributed by atoms with van der Waals surface area (Å²) in [5.41, 5.74) is -0.686. The van der Waals surface area contributed by atoms with Gasteiger partial charge < -0.3 is 89.4 Å². The second kappa shape index (κ2) is 18.1. The zero-order valence-electron chi connectivity index (χ0n) is 39.5. The first kappa shape index (κ1) is 51.1. The van der Waals surface area contributed by atoms with E-state index in [1.807, 2.05) is 0 Å². The van der Waals surface area contributed by atoms with Crippen molar-refractivity contribution in [2.24, 2.45) is 50.2 Å². The number of aldehydes is 1. The molecular weight excluding hydrogens is 865 g/mol. The molecule has 8 aliphatic rings. The van der Waals surface area contributed by atoms with Gasteiger partial charge in [-0.2, -0.15) is 0 Å². The van der Waals surface area contributed by atoms with Crippen molar-refractivity contribution in [2.45, 2.75) is 211 Å². The Kier molecular flexibility index (Phi) is 14.0. The molecule has 18 nitrogen and oxygen atoms in total. The number of carbonyl (C=O) groups excluding carboxylic acids is 1. The smallest absolute Gasteiger partial charge is 0.187 e. The van der Waals surface area contributed by atoms with Crippen LogP contribution in [0.2, 0.25) is 0 Å². The molecule has 3 aliphatic heterocycles. The van der Waals surface area contributed by atoms with Crippen molar-refractivity contribution in [2.75, 3.05) is 19.8 Å². The van der Waals surface area contributed by atoms with Gasteiger partial charge in [-0.1, -0.05) is 60.1 Å². The molecular formula is C48H78O18. The van der Waals surface area contributed by atoms with Gasteiger partial charge in [-0.05, 0) is 103 Å². The summed E-state index contributed by atoms with van der Waals surface area (Å²) in [5, 5.41) is 119. The number of hydrogen-bond donors (Lipinski definition) is 11. The highest BCUT2D eigenvalue weighted by Crippen LogP contribution is 2.75. The second-order valence-corrected chi connectivity index (χ2v) is 23.5. The van der Waals surface area contributed by atoms with Gasteiger partial charge in [0.25, 0.3) is 0 Å². The van der Waals surface area contributed by atoms with Gasteiger partial charge in [-0.15, -0.1) is 0 Å². The molecule has 0 aromatic rings. The highest BCUT2D eigenvalue weighted by molar-refractivity contribution is 5.64. The van der Waals surface area contributed by atoms with Crippen molar-refractivity contribution in [3.8, 4) is 0 Å². The SMILES string of the molecule is CC1(C)CC[C@]2(C=O)[C@@H](O)C[C@]3(C)C(=CC[C@@H]4[C@@]5(C)CC[C@H](O[C@@H]6O[C@H](CO)[C@@H](O)[C@H](O[C@@H]7O[C@H](CO)[C@@H](O)[C@H](O)[C@H]7O)[C@H]6O[C@@H]6O[C@H](CO)[C@@H](O)[C@H](O)[C@H]6O)C(C)(C)[C@@H]5CC[C@]43C)[C@@H]2C1. The van der Waals surface area contributed by atoms with Crippen LogP contribution < -0.4 is 0 Å². The van der Waals surface area contributed by atoms with E-state index in [4.69, 9.17) is 28.4 Å². The van der Waals surface area contributed by atoms with Crippen LogP contribution in [0.1, 0.15) is 106 Å². The van der Waals surface area contributed by atoms with Crippen LogP contribution in [0.15, 0.2) is 11.6 Å². The largest absolute Gasteiger partial charge is 0.394 e. The lowest BCUT2D eigenvalue weighted by Crippen LogP contribution is -2.68. The first-order valence-corrected chi connectivity index (χ1v) is 24.3. The van der Waals surface area contributed by atoms with Crippen LogP contribution in [-0.2, 0) is 33.2 Å². The zero-order chi connectivity index (χ0) is 48.3. The first-order valence-electron chi connectivity index (χ1n) is 24.3. The van der Waals surface area contributed by atoms with Crippen molar-refractivity contribution in [3.63, 3.8) is 0 Å². The van der Waals surface area contributed by atoms with Gasteiger partial charge in [0, 0.05) is 0 Å². The van der Waals surface area contributed by atoms with Crippen molar-refractivity contribution in [1.82, 2.24) is 0 Å². The number of allylic oxidation sites excluding steroid dienone is 2. The molecule has 0 spiro atoms. The number of rotatable bonds is 10. The molecule has 378 valence electrons. The van der Waals surface area contributed by atoms with E-state index >= 15 is 0 Å². The van der Waals surface area contributed by atoms with E-state index in [-0.39, 0.29) is 39.4 Å². The van der Waals surface area contributed by atoms with E-state index in [9.17, 15) is 61.0 Å². The minimum Gasteiger partial charge on any atom is -0.394 e. The molecule has 24 atom stereocenters. The number of hydrogen-bond acceptors (Lipinski definition) is 18. The number of aliphatic hydroxyl groups excluding tert-OH is 11. The van der Waals surface area contributed by atoms with Crippen LogP contribution in [0.5, 0.6) is 0 Å². The summed E-state index contributed by atoms with van der Waals surface area (Å²) in [4.78, 5) is 13.0. The Labute approximate surface area is 387 Å². The maximum absolute atomic E-state index is 13.0. The summed E-state index contributed by atoms with van der Waals surface area (Å²) in [7, 11) is 0. The molecule has 7 fully saturated rings. The monoisotopic (exact) mass is 943 g/mol. The average molecular weight is 943 g/mol. The van der Waals surface area contributed by atoms with Crippen LogP contribution in [-0.4, -0.2) is 187 Å². The Hall–Kier alpha value is -1.27. The zero-order valence-corrected chi connectivity index (χ0v) is 39.5. The number of aliphatic hydroxyl groups is 11. The predicted molar refractivity (Wildman–Crippen MR) is 230 cm³/mol. The van der Waals surface area contributed by atoms with Crippen LogP contribution in [0.3, 0.4) is 0 Å². The third-order valence-corrected chi connectivity index (χ3v) is 19.3. The molecule has 0 aromatic carbocycles. The van der Waals surface area contributed by atoms with Gasteiger partial charge in [0.1, 0.15) is 79.5 Å². The highest BCUT2D eigenvalue weighted by atomic mass is 16.8. The fraction of sp³-hybridized carbons (Fsp3) is 0.938. The normalized spacial score (nSPS) is 54.5. The van der Waals surface area contributed by atoms with Crippen molar-refractivity contribution >= 4 is 6.29 Å². The molecule has 0 unspecified atom stereocenters. The summed E-state index contributed by atoms with van der Waals surface area (Å²) in [5.74, 6) is 0.300. The number of carbonyl (C=O) groups is 1. The molecule has 4 saturated carbocycles. The molecule has 3 saturated heterocycles. The standard InChI is InChI=1S/C48H78O18/c1-43(2)14-15-48(21-52)23(16-43)22-8-9-28-45(5)12-11-30(44(3,4)27(45)10-13-46(28,6)47(22,7)17-29(48)53)64-42-39(66-41-37(60)35(58)32(55)25(19-50)62-41)38(33(56)26(20-51)63-42)65-40-36(59)34(57)31(54)24(18-49)61-40/h8,21,23-42,49-51,53-60H,9-20H2,1-7H3/t23-,24+,25+,26+,27-,28+,29-,30-,31+,32+,33+,34-,35-,36+,37+,38-,39+,40-,41-,42-,45-,46+,47+,48+/m0/s1. The summed E-state index contributed by atoms with van der Waals surface area (Å²) in [6, 6.07) is 0. The number of fused-ring (bicyclic) bond motifs is 7. The predicted octanol–water partition coefficient (Wildman–Crippen LogP) is -0.209. The lowest BCUT2D eigenvalue weighted by Gasteiger charge is -2.71. The van der Waals surface area contributed by atoms with Crippen LogP contribution >= 0.6 is 0 Å². The van der Waals surface area contributed by atoms with Crippen LogP contribution in [0, 0.1) is 50.2 Å². The van der Waals surface area contributed by atoms with E-state index in [0.29, 0.717) is 19.3 Å². The van der Waals surface area contributed by atoms with Crippen molar-refractivity contribution in [3.05, 3.63) is 11.6 Å². The van der Waals surface area contributed by atoms with Gasteiger partial charge in [-0.3, -0.25) is 0 Å². The minimum atomic E-state index is -1.91.